The molecule has 0 aromatic heterocycles. The minimum absolute atomic E-state index is 0.268. The van der Waals surface area contributed by atoms with Gasteiger partial charge in [0.1, 0.15) is 0 Å². The number of hydrogen-bond acceptors (Lipinski definition) is 4. The maximum absolute atomic E-state index is 8.64. The summed E-state index contributed by atoms with van der Waals surface area (Å²) in [6.45, 7) is 0.912. The van der Waals surface area contributed by atoms with Crippen LogP contribution in [0.15, 0.2) is 18.2 Å². The van der Waals surface area contributed by atoms with E-state index in [0.717, 1.165) is 25.7 Å². The zero-order chi connectivity index (χ0) is 12.5. The maximum atomic E-state index is 8.64. The number of nitrogens with two attached hydrogens (primary N) is 1. The molecule has 0 heterocycles. The number of unbranched alkanes of at least 4 members (excludes halogenated alkanes) is 3. The van der Waals surface area contributed by atoms with Gasteiger partial charge in [0.05, 0.1) is 13.7 Å². The predicted octanol–water partition coefficient (Wildman–Crippen LogP) is 2.21. The third-order valence-corrected chi connectivity index (χ3v) is 2.50. The lowest BCUT2D eigenvalue weighted by atomic mass is 10.2. The molecule has 17 heavy (non-hydrogen) atoms. The minimum atomic E-state index is 0.268. The van der Waals surface area contributed by atoms with Crippen molar-refractivity contribution in [3.8, 4) is 11.5 Å². The van der Waals surface area contributed by atoms with Crippen molar-refractivity contribution in [2.45, 2.75) is 25.7 Å². The molecule has 1 rings (SSSR count). The highest BCUT2D eigenvalue weighted by molar-refractivity contribution is 5.51. The van der Waals surface area contributed by atoms with Crippen LogP contribution in [-0.4, -0.2) is 25.4 Å². The number of hydrogen-bond donors (Lipinski definition) is 2. The molecule has 4 nitrogen and oxygen atoms in total. The lowest BCUT2D eigenvalue weighted by Crippen LogP contribution is -2.00. The van der Waals surface area contributed by atoms with E-state index < -0.39 is 0 Å². The van der Waals surface area contributed by atoms with Gasteiger partial charge in [-0.3, -0.25) is 0 Å². The van der Waals surface area contributed by atoms with Crippen LogP contribution in [0.25, 0.3) is 0 Å². The summed E-state index contributed by atoms with van der Waals surface area (Å²) in [7, 11) is 1.61. The van der Waals surface area contributed by atoms with Crippen molar-refractivity contribution in [2.75, 3.05) is 26.1 Å². The molecule has 1 aromatic carbocycles. The first kappa shape index (κ1) is 13.6. The Hall–Kier alpha value is -1.42. The topological polar surface area (TPSA) is 64.7 Å². The summed E-state index contributed by atoms with van der Waals surface area (Å²) >= 11 is 0. The van der Waals surface area contributed by atoms with Gasteiger partial charge in [-0.25, -0.2) is 0 Å². The van der Waals surface area contributed by atoms with Gasteiger partial charge in [-0.05, 0) is 31.4 Å². The van der Waals surface area contributed by atoms with Crippen LogP contribution in [0, 0.1) is 0 Å². The number of methoxy groups -OCH3 is 1. The smallest absolute Gasteiger partial charge is 0.163 e. The van der Waals surface area contributed by atoms with E-state index >= 15 is 0 Å². The number of aliphatic hydroxyl groups excluding tert-OH is 1. The Balaban J connectivity index is 2.32. The van der Waals surface area contributed by atoms with Crippen molar-refractivity contribution in [3.63, 3.8) is 0 Å². The second-order valence-corrected chi connectivity index (χ2v) is 3.90. The Labute approximate surface area is 102 Å². The Morgan fingerprint density at radius 3 is 2.59 bits per heavy atom. The molecule has 0 fully saturated rings. The number of ether oxygens (including phenoxy) is 2. The molecular weight excluding hydrogens is 218 g/mol. The molecule has 0 amide bonds. The molecule has 0 spiro atoms. The highest BCUT2D eigenvalue weighted by Crippen LogP contribution is 2.29. The Morgan fingerprint density at radius 2 is 1.88 bits per heavy atom. The molecule has 0 atom stereocenters. The number of benzene rings is 1. The molecule has 0 aliphatic carbocycles. The first-order valence-corrected chi connectivity index (χ1v) is 5.95. The monoisotopic (exact) mass is 239 g/mol. The van der Waals surface area contributed by atoms with Crippen molar-refractivity contribution in [1.82, 2.24) is 0 Å². The largest absolute Gasteiger partial charge is 0.493 e. The predicted molar refractivity (Wildman–Crippen MR) is 68.5 cm³/mol. The van der Waals surface area contributed by atoms with Gasteiger partial charge in [0, 0.05) is 18.4 Å². The van der Waals surface area contributed by atoms with Gasteiger partial charge in [-0.15, -0.1) is 0 Å². The molecule has 0 unspecified atom stereocenters. The van der Waals surface area contributed by atoms with Crippen LogP contribution >= 0.6 is 0 Å². The van der Waals surface area contributed by atoms with E-state index in [1.54, 1.807) is 25.3 Å². The number of anilines is 1. The molecule has 96 valence electrons. The number of nitrogen functional groups attached to an aromatic ring is 1. The fraction of sp³-hybridized carbons (Fsp3) is 0.538. The zero-order valence-corrected chi connectivity index (χ0v) is 10.3. The zero-order valence-electron chi connectivity index (χ0n) is 10.3. The summed E-state index contributed by atoms with van der Waals surface area (Å²) in [6.07, 6.45) is 3.93. The minimum Gasteiger partial charge on any atom is -0.493 e. The van der Waals surface area contributed by atoms with Crippen LogP contribution in [0.4, 0.5) is 5.69 Å². The van der Waals surface area contributed by atoms with Crippen molar-refractivity contribution >= 4 is 5.69 Å². The molecule has 0 aliphatic rings. The molecule has 0 radical (unpaired) electrons. The average molecular weight is 239 g/mol. The standard InChI is InChI=1S/C13H21NO3/c1-16-12-7-6-11(14)10-13(12)17-9-5-3-2-4-8-15/h6-7,10,15H,2-5,8-9,14H2,1H3. The third-order valence-electron chi connectivity index (χ3n) is 2.50. The first-order chi connectivity index (χ1) is 8.27. The van der Waals surface area contributed by atoms with Crippen LogP contribution in [0.2, 0.25) is 0 Å². The Bertz CT molecular complexity index is 328. The molecule has 0 saturated carbocycles. The van der Waals surface area contributed by atoms with Gasteiger partial charge in [-0.2, -0.15) is 0 Å². The molecule has 0 saturated heterocycles. The maximum Gasteiger partial charge on any atom is 0.163 e. The van der Waals surface area contributed by atoms with E-state index in [0.29, 0.717) is 23.8 Å². The second-order valence-electron chi connectivity index (χ2n) is 3.90. The van der Waals surface area contributed by atoms with Crippen molar-refractivity contribution in [1.29, 1.82) is 0 Å². The van der Waals surface area contributed by atoms with E-state index in [9.17, 15) is 0 Å². The average Bonchev–Trinajstić information content (AvgIpc) is 2.34. The van der Waals surface area contributed by atoms with Crippen LogP contribution in [0.3, 0.4) is 0 Å². The van der Waals surface area contributed by atoms with Gasteiger partial charge in [0.2, 0.25) is 0 Å². The SMILES string of the molecule is COc1ccc(N)cc1OCCCCCCO. The van der Waals surface area contributed by atoms with Gasteiger partial charge in [0.25, 0.3) is 0 Å². The molecule has 3 N–H and O–H groups in total. The summed E-state index contributed by atoms with van der Waals surface area (Å²) in [5.74, 6) is 1.39. The fourth-order valence-corrected chi connectivity index (χ4v) is 1.56. The van der Waals surface area contributed by atoms with Crippen LogP contribution in [-0.2, 0) is 0 Å². The van der Waals surface area contributed by atoms with Gasteiger partial charge < -0.3 is 20.3 Å². The van der Waals surface area contributed by atoms with Crippen LogP contribution in [0.5, 0.6) is 11.5 Å². The molecule has 0 aliphatic heterocycles. The van der Waals surface area contributed by atoms with Gasteiger partial charge >= 0.3 is 0 Å². The molecule has 1 aromatic rings. The van der Waals surface area contributed by atoms with Crippen molar-refractivity contribution in [3.05, 3.63) is 18.2 Å². The summed E-state index contributed by atoms with van der Waals surface area (Å²) in [5, 5.41) is 8.64. The normalized spacial score (nSPS) is 10.2. The summed E-state index contributed by atoms with van der Waals surface area (Å²) in [5.41, 5.74) is 6.36. The summed E-state index contributed by atoms with van der Waals surface area (Å²) in [4.78, 5) is 0. The number of aliphatic hydroxyl groups is 1. The highest BCUT2D eigenvalue weighted by atomic mass is 16.5. The Kier molecular flexibility index (Phi) is 6.25. The second kappa shape index (κ2) is 7.79. The van der Waals surface area contributed by atoms with Gasteiger partial charge in [0.15, 0.2) is 11.5 Å². The van der Waals surface area contributed by atoms with E-state index in [2.05, 4.69) is 0 Å². The number of rotatable bonds is 8. The van der Waals surface area contributed by atoms with Crippen molar-refractivity contribution in [2.24, 2.45) is 0 Å². The first-order valence-electron chi connectivity index (χ1n) is 5.95. The third kappa shape index (κ3) is 4.95. The van der Waals surface area contributed by atoms with Crippen LogP contribution < -0.4 is 15.2 Å². The van der Waals surface area contributed by atoms with Crippen molar-refractivity contribution < 1.29 is 14.6 Å². The van der Waals surface area contributed by atoms with E-state index in [4.69, 9.17) is 20.3 Å². The van der Waals surface area contributed by atoms with Crippen LogP contribution in [0.1, 0.15) is 25.7 Å². The fourth-order valence-electron chi connectivity index (χ4n) is 1.56. The summed E-state index contributed by atoms with van der Waals surface area (Å²) in [6, 6.07) is 5.36. The van der Waals surface area contributed by atoms with E-state index in [-0.39, 0.29) is 6.61 Å². The molecular formula is C13H21NO3. The quantitative estimate of drug-likeness (QED) is 0.539. The molecule has 0 bridgehead atoms. The lowest BCUT2D eigenvalue weighted by Gasteiger charge is -2.11. The van der Waals surface area contributed by atoms with E-state index in [1.165, 1.54) is 0 Å². The Morgan fingerprint density at radius 1 is 1.12 bits per heavy atom. The van der Waals surface area contributed by atoms with E-state index in [1.807, 2.05) is 0 Å². The highest BCUT2D eigenvalue weighted by Gasteiger charge is 2.04. The summed E-state index contributed by atoms with van der Waals surface area (Å²) < 4.78 is 10.8. The molecule has 4 heteroatoms. The lowest BCUT2D eigenvalue weighted by molar-refractivity contribution is 0.268. The van der Waals surface area contributed by atoms with Gasteiger partial charge in [-0.1, -0.05) is 6.42 Å².